The lowest BCUT2D eigenvalue weighted by atomic mass is 10.3. The average molecular weight is 293 g/mol. The van der Waals surface area contributed by atoms with Crippen LogP contribution in [0, 0.1) is 0 Å². The van der Waals surface area contributed by atoms with Crippen molar-refractivity contribution in [3.63, 3.8) is 0 Å². The molecule has 0 atom stereocenters. The highest BCUT2D eigenvalue weighted by Gasteiger charge is 2.24. The third-order valence-corrected chi connectivity index (χ3v) is 3.53. The number of benzene rings is 1. The second-order valence-electron chi connectivity index (χ2n) is 5.01. The largest absolute Gasteiger partial charge is 0.508 e. The predicted molar refractivity (Wildman–Crippen MR) is 77.6 cm³/mol. The molecule has 21 heavy (non-hydrogen) atoms. The van der Waals surface area contributed by atoms with Gasteiger partial charge in [0.05, 0.1) is 6.54 Å². The minimum Gasteiger partial charge on any atom is -0.508 e. The van der Waals surface area contributed by atoms with Gasteiger partial charge in [0.2, 0.25) is 0 Å². The smallest absolute Gasteiger partial charge is 0.324 e. The van der Waals surface area contributed by atoms with E-state index in [0.717, 1.165) is 0 Å². The fourth-order valence-corrected chi connectivity index (χ4v) is 2.29. The lowest BCUT2D eigenvalue weighted by molar-refractivity contribution is -0.138. The number of carboxylic acids is 1. The molecule has 0 bridgehead atoms. The number of carboxylic acid groups (broad SMARTS) is 1. The van der Waals surface area contributed by atoms with Crippen molar-refractivity contribution < 1.29 is 19.8 Å². The zero-order valence-corrected chi connectivity index (χ0v) is 11.9. The maximum Gasteiger partial charge on any atom is 0.324 e. The van der Waals surface area contributed by atoms with Crippen LogP contribution in [0.1, 0.15) is 0 Å². The molecular formula is C14H19N3O4. The molecule has 0 spiro atoms. The van der Waals surface area contributed by atoms with Crippen molar-refractivity contribution in [2.75, 3.05) is 44.7 Å². The van der Waals surface area contributed by atoms with Crippen LogP contribution in [0.5, 0.6) is 5.75 Å². The number of aliphatic carboxylic acids is 1. The van der Waals surface area contributed by atoms with E-state index in [2.05, 4.69) is 0 Å². The molecular weight excluding hydrogens is 274 g/mol. The number of piperazine rings is 1. The quantitative estimate of drug-likeness (QED) is 0.855. The summed E-state index contributed by atoms with van der Waals surface area (Å²) in [5, 5.41) is 18.0. The number of aromatic hydroxyl groups is 1. The Labute approximate surface area is 123 Å². The lowest BCUT2D eigenvalue weighted by Gasteiger charge is -2.35. The molecule has 2 rings (SSSR count). The number of carbonyl (C=O) groups is 2. The number of carbonyl (C=O) groups excluding carboxylic acids is 1. The molecule has 1 aromatic carbocycles. The molecule has 0 radical (unpaired) electrons. The summed E-state index contributed by atoms with van der Waals surface area (Å²) < 4.78 is 0. The fourth-order valence-electron chi connectivity index (χ4n) is 2.29. The molecule has 0 saturated carbocycles. The fraction of sp³-hybridized carbons (Fsp3) is 0.429. The molecule has 7 heteroatoms. The Hall–Kier alpha value is -2.28. The molecule has 1 heterocycles. The Morgan fingerprint density at radius 1 is 1.14 bits per heavy atom. The van der Waals surface area contributed by atoms with Crippen molar-refractivity contribution in [1.82, 2.24) is 9.80 Å². The molecule has 0 aromatic heterocycles. The summed E-state index contributed by atoms with van der Waals surface area (Å²) in [5.41, 5.74) is 0.700. The lowest BCUT2D eigenvalue weighted by Crippen LogP contribution is -2.53. The van der Waals surface area contributed by atoms with E-state index in [9.17, 15) is 14.7 Å². The maximum atomic E-state index is 12.4. The summed E-state index contributed by atoms with van der Waals surface area (Å²) in [4.78, 5) is 28.1. The van der Waals surface area contributed by atoms with Gasteiger partial charge in [0.1, 0.15) is 5.75 Å². The summed E-state index contributed by atoms with van der Waals surface area (Å²) in [7, 11) is 1.68. The molecule has 1 aliphatic heterocycles. The first-order valence-corrected chi connectivity index (χ1v) is 6.73. The van der Waals surface area contributed by atoms with Crippen LogP contribution in [0.25, 0.3) is 0 Å². The van der Waals surface area contributed by atoms with Crippen molar-refractivity contribution in [1.29, 1.82) is 0 Å². The summed E-state index contributed by atoms with van der Waals surface area (Å²) >= 11 is 0. The van der Waals surface area contributed by atoms with Crippen LogP contribution in [0.2, 0.25) is 0 Å². The van der Waals surface area contributed by atoms with Crippen LogP contribution in [0.3, 0.4) is 0 Å². The number of phenolic OH excluding ortho intramolecular Hbond substituents is 1. The van der Waals surface area contributed by atoms with Crippen molar-refractivity contribution in [3.05, 3.63) is 24.3 Å². The summed E-state index contributed by atoms with van der Waals surface area (Å²) in [6.45, 7) is 2.14. The van der Waals surface area contributed by atoms with Gasteiger partial charge in [-0.1, -0.05) is 0 Å². The van der Waals surface area contributed by atoms with E-state index < -0.39 is 5.97 Å². The Kier molecular flexibility index (Phi) is 4.64. The number of amides is 2. The third-order valence-electron chi connectivity index (χ3n) is 3.53. The highest BCUT2D eigenvalue weighted by Crippen LogP contribution is 2.18. The van der Waals surface area contributed by atoms with Gasteiger partial charge in [0, 0.05) is 38.9 Å². The van der Waals surface area contributed by atoms with Gasteiger partial charge in [-0.25, -0.2) is 4.79 Å². The Morgan fingerprint density at radius 3 is 2.24 bits per heavy atom. The van der Waals surface area contributed by atoms with Crippen LogP contribution >= 0.6 is 0 Å². The normalized spacial score (nSPS) is 15.8. The van der Waals surface area contributed by atoms with Gasteiger partial charge in [-0.05, 0) is 24.3 Å². The molecule has 2 amide bonds. The zero-order valence-electron chi connectivity index (χ0n) is 11.9. The summed E-state index contributed by atoms with van der Waals surface area (Å²) in [6.07, 6.45) is 0. The topological polar surface area (TPSA) is 84.3 Å². The average Bonchev–Trinajstić information content (AvgIpc) is 2.47. The highest BCUT2D eigenvalue weighted by atomic mass is 16.4. The van der Waals surface area contributed by atoms with Gasteiger partial charge in [0.25, 0.3) is 0 Å². The molecule has 1 saturated heterocycles. The molecule has 7 nitrogen and oxygen atoms in total. The predicted octanol–water partition coefficient (Wildman–Crippen LogP) is 0.651. The Balaban J connectivity index is 1.92. The first-order chi connectivity index (χ1) is 9.97. The van der Waals surface area contributed by atoms with Gasteiger partial charge in [0.15, 0.2) is 0 Å². The van der Waals surface area contributed by atoms with Crippen molar-refractivity contribution >= 4 is 17.7 Å². The van der Waals surface area contributed by atoms with Crippen molar-refractivity contribution in [2.45, 2.75) is 0 Å². The van der Waals surface area contributed by atoms with Crippen LogP contribution < -0.4 is 4.90 Å². The second-order valence-corrected chi connectivity index (χ2v) is 5.01. The third kappa shape index (κ3) is 3.85. The van der Waals surface area contributed by atoms with Crippen LogP contribution in [-0.2, 0) is 4.79 Å². The Bertz CT molecular complexity index is 509. The van der Waals surface area contributed by atoms with Crippen molar-refractivity contribution in [2.24, 2.45) is 0 Å². The van der Waals surface area contributed by atoms with E-state index >= 15 is 0 Å². The number of phenols is 1. The number of hydrogen-bond acceptors (Lipinski definition) is 4. The Morgan fingerprint density at radius 2 is 1.71 bits per heavy atom. The minimum atomic E-state index is -0.851. The maximum absolute atomic E-state index is 12.4. The molecule has 1 aromatic rings. The molecule has 1 aliphatic rings. The van der Waals surface area contributed by atoms with E-state index in [0.29, 0.717) is 31.9 Å². The van der Waals surface area contributed by atoms with E-state index in [1.807, 2.05) is 4.90 Å². The molecule has 0 aliphatic carbocycles. The van der Waals surface area contributed by atoms with Crippen molar-refractivity contribution in [3.8, 4) is 5.75 Å². The number of rotatable bonds is 3. The van der Waals surface area contributed by atoms with Gasteiger partial charge in [-0.2, -0.15) is 0 Å². The first-order valence-electron chi connectivity index (χ1n) is 6.73. The van der Waals surface area contributed by atoms with Crippen LogP contribution in [-0.4, -0.2) is 71.8 Å². The summed E-state index contributed by atoms with van der Waals surface area (Å²) in [5.74, 6) is -0.696. The molecule has 0 unspecified atom stereocenters. The van der Waals surface area contributed by atoms with Gasteiger partial charge >= 0.3 is 12.0 Å². The van der Waals surface area contributed by atoms with Crippen LogP contribution in [0.4, 0.5) is 10.5 Å². The number of anilines is 1. The standard InChI is InChI=1S/C14H19N3O4/c1-15(11-2-4-12(18)5-3-11)14(21)17-8-6-16(7-9-17)10-13(19)20/h2-5,18H,6-10H2,1H3,(H,19,20). The second kappa shape index (κ2) is 6.45. The van der Waals surface area contributed by atoms with E-state index in [4.69, 9.17) is 5.11 Å². The van der Waals surface area contributed by atoms with Gasteiger partial charge in [-0.3, -0.25) is 14.6 Å². The van der Waals surface area contributed by atoms with E-state index in [-0.39, 0.29) is 18.3 Å². The van der Waals surface area contributed by atoms with Gasteiger partial charge < -0.3 is 15.1 Å². The van der Waals surface area contributed by atoms with E-state index in [1.54, 1.807) is 24.1 Å². The molecule has 114 valence electrons. The zero-order chi connectivity index (χ0) is 15.4. The summed E-state index contributed by atoms with van der Waals surface area (Å²) in [6, 6.07) is 6.28. The minimum absolute atomic E-state index is 0.00975. The highest BCUT2D eigenvalue weighted by molar-refractivity contribution is 5.91. The number of nitrogens with zero attached hydrogens (tertiary/aromatic N) is 3. The molecule has 2 N–H and O–H groups in total. The van der Waals surface area contributed by atoms with E-state index in [1.165, 1.54) is 17.0 Å². The number of urea groups is 1. The molecule has 1 fully saturated rings. The van der Waals surface area contributed by atoms with Crippen LogP contribution in [0.15, 0.2) is 24.3 Å². The van der Waals surface area contributed by atoms with Gasteiger partial charge in [-0.15, -0.1) is 0 Å². The number of hydrogen-bond donors (Lipinski definition) is 2. The first kappa shape index (κ1) is 15.1. The monoisotopic (exact) mass is 293 g/mol. The SMILES string of the molecule is CN(C(=O)N1CCN(CC(=O)O)CC1)c1ccc(O)cc1.